The predicted molar refractivity (Wildman–Crippen MR) is 97.6 cm³/mol. The number of hydrogen-bond acceptors (Lipinski definition) is 7. The van der Waals surface area contributed by atoms with Gasteiger partial charge in [0.05, 0.1) is 12.8 Å². The number of aromatic nitrogens is 5. The van der Waals surface area contributed by atoms with Crippen LogP contribution in [-0.2, 0) is 0 Å². The molecule has 3 heterocycles. The Kier molecular flexibility index (Phi) is 3.81. The highest BCUT2D eigenvalue weighted by molar-refractivity contribution is 7.15. The Hall–Kier alpha value is -3.00. The molecule has 4 aromatic rings. The molecule has 0 saturated carbocycles. The van der Waals surface area contributed by atoms with E-state index in [4.69, 9.17) is 4.74 Å². The van der Waals surface area contributed by atoms with Crippen LogP contribution in [0.2, 0.25) is 0 Å². The summed E-state index contributed by atoms with van der Waals surface area (Å²) < 4.78 is 7.25. The second-order valence-corrected chi connectivity index (χ2v) is 6.39. The maximum atomic E-state index is 5.45. The third-order valence-electron chi connectivity index (χ3n) is 3.67. The Morgan fingerprint density at radius 2 is 1.80 bits per heavy atom. The minimum atomic E-state index is 0.466. The molecule has 7 nitrogen and oxygen atoms in total. The average Bonchev–Trinajstić information content (AvgIpc) is 3.13. The van der Waals surface area contributed by atoms with E-state index in [2.05, 4.69) is 25.4 Å². The van der Waals surface area contributed by atoms with Crippen LogP contribution in [0, 0.1) is 13.8 Å². The Balaban J connectivity index is 1.73. The molecular formula is C17H16N6OS. The van der Waals surface area contributed by atoms with Crippen molar-refractivity contribution in [3.05, 3.63) is 47.1 Å². The molecule has 1 N–H and O–H groups in total. The van der Waals surface area contributed by atoms with E-state index < -0.39 is 0 Å². The van der Waals surface area contributed by atoms with Gasteiger partial charge in [-0.3, -0.25) is 5.32 Å². The molecule has 0 radical (unpaired) electrons. The highest BCUT2D eigenvalue weighted by Crippen LogP contribution is 2.32. The molecule has 8 heteroatoms. The van der Waals surface area contributed by atoms with E-state index in [0.717, 1.165) is 33.4 Å². The first-order chi connectivity index (χ1) is 12.1. The lowest BCUT2D eigenvalue weighted by Crippen LogP contribution is -2.01. The lowest BCUT2D eigenvalue weighted by atomic mass is 10.1. The van der Waals surface area contributed by atoms with Gasteiger partial charge in [-0.25, -0.2) is 14.5 Å². The number of thiazole rings is 1. The zero-order valence-corrected chi connectivity index (χ0v) is 14.8. The summed E-state index contributed by atoms with van der Waals surface area (Å²) >= 11 is 1.52. The normalized spacial score (nSPS) is 11.0. The fraction of sp³-hybridized carbons (Fsp3) is 0.176. The van der Waals surface area contributed by atoms with Crippen LogP contribution in [0.3, 0.4) is 0 Å². The largest absolute Gasteiger partial charge is 0.496 e. The van der Waals surface area contributed by atoms with Crippen LogP contribution in [0.1, 0.15) is 11.4 Å². The Bertz CT molecular complexity index is 1030. The van der Waals surface area contributed by atoms with Gasteiger partial charge < -0.3 is 4.74 Å². The van der Waals surface area contributed by atoms with Crippen molar-refractivity contribution in [1.29, 1.82) is 0 Å². The molecule has 1 aromatic carbocycles. The Morgan fingerprint density at radius 1 is 1.04 bits per heavy atom. The number of anilines is 2. The van der Waals surface area contributed by atoms with Crippen LogP contribution in [0.4, 0.5) is 11.9 Å². The zero-order chi connectivity index (χ0) is 17.4. The molecule has 0 unspecified atom stereocenters. The molecule has 3 aromatic heterocycles. The topological polar surface area (TPSA) is 77.2 Å². The van der Waals surface area contributed by atoms with E-state index in [-0.39, 0.29) is 0 Å². The fourth-order valence-electron chi connectivity index (χ4n) is 2.66. The number of benzene rings is 1. The number of nitrogens with zero attached hydrogens (tertiary/aromatic N) is 5. The Labute approximate surface area is 148 Å². The van der Waals surface area contributed by atoms with Crippen LogP contribution in [-0.4, -0.2) is 31.7 Å². The number of nitrogens with one attached hydrogen (secondary N) is 1. The summed E-state index contributed by atoms with van der Waals surface area (Å²) in [6.45, 7) is 3.86. The van der Waals surface area contributed by atoms with Crippen molar-refractivity contribution >= 4 is 28.2 Å². The van der Waals surface area contributed by atoms with E-state index >= 15 is 0 Å². The highest BCUT2D eigenvalue weighted by Gasteiger charge is 2.15. The third kappa shape index (κ3) is 2.91. The maximum absolute atomic E-state index is 5.45. The number of hydrogen-bond donors (Lipinski definition) is 1. The van der Waals surface area contributed by atoms with Crippen LogP contribution in [0.25, 0.3) is 16.2 Å². The van der Waals surface area contributed by atoms with Crippen molar-refractivity contribution < 1.29 is 4.74 Å². The van der Waals surface area contributed by atoms with Crippen molar-refractivity contribution in [2.45, 2.75) is 13.8 Å². The number of ether oxygens (including phenoxy) is 1. The van der Waals surface area contributed by atoms with Gasteiger partial charge in [0.2, 0.25) is 10.9 Å². The number of para-hydroxylation sites is 1. The number of methoxy groups -OCH3 is 1. The van der Waals surface area contributed by atoms with Gasteiger partial charge >= 0.3 is 0 Å². The summed E-state index contributed by atoms with van der Waals surface area (Å²) in [5.41, 5.74) is 3.69. The van der Waals surface area contributed by atoms with Crippen molar-refractivity contribution in [2.24, 2.45) is 0 Å². The summed E-state index contributed by atoms with van der Waals surface area (Å²) in [4.78, 5) is 14.0. The SMILES string of the molecule is COc1ccccc1-c1csc2nc(Nc3nc(C)cc(C)n3)nn12. The molecule has 0 atom stereocenters. The lowest BCUT2D eigenvalue weighted by molar-refractivity contribution is 0.416. The quantitative estimate of drug-likeness (QED) is 0.604. The number of fused-ring (bicyclic) bond motifs is 1. The van der Waals surface area contributed by atoms with E-state index in [0.29, 0.717) is 11.9 Å². The van der Waals surface area contributed by atoms with E-state index in [1.165, 1.54) is 11.3 Å². The van der Waals surface area contributed by atoms with Gasteiger partial charge in [-0.05, 0) is 32.0 Å². The maximum Gasteiger partial charge on any atom is 0.250 e. The second-order valence-electron chi connectivity index (χ2n) is 5.55. The minimum Gasteiger partial charge on any atom is -0.496 e. The van der Waals surface area contributed by atoms with Gasteiger partial charge in [0.15, 0.2) is 0 Å². The van der Waals surface area contributed by atoms with Gasteiger partial charge in [-0.1, -0.05) is 12.1 Å². The standard InChI is InChI=1S/C17H16N6OS/c1-10-8-11(2)19-15(18-10)20-16-21-17-23(22-16)13(9-25-17)12-6-4-5-7-14(12)24-3/h4-9H,1-3H3,(H,18,19,20,22). The molecule has 4 rings (SSSR count). The second kappa shape index (κ2) is 6.14. The molecule has 0 aliphatic heterocycles. The molecule has 0 fully saturated rings. The van der Waals surface area contributed by atoms with Gasteiger partial charge in [0.1, 0.15) is 5.75 Å². The fourth-order valence-corrected chi connectivity index (χ4v) is 3.48. The molecule has 0 amide bonds. The molecular weight excluding hydrogens is 336 g/mol. The van der Waals surface area contributed by atoms with Crippen LogP contribution in [0.5, 0.6) is 5.75 Å². The highest BCUT2D eigenvalue weighted by atomic mass is 32.1. The van der Waals surface area contributed by atoms with E-state index in [1.807, 2.05) is 49.6 Å². The number of rotatable bonds is 4. The van der Waals surface area contributed by atoms with Gasteiger partial charge in [0.25, 0.3) is 5.95 Å². The number of aryl methyl sites for hydroxylation is 2. The molecule has 0 saturated heterocycles. The monoisotopic (exact) mass is 352 g/mol. The summed E-state index contributed by atoms with van der Waals surface area (Å²) in [7, 11) is 1.66. The predicted octanol–water partition coefficient (Wildman–Crippen LogP) is 3.62. The van der Waals surface area contributed by atoms with Gasteiger partial charge in [-0.15, -0.1) is 16.4 Å². The van der Waals surface area contributed by atoms with Crippen LogP contribution < -0.4 is 10.1 Å². The summed E-state index contributed by atoms with van der Waals surface area (Å²) in [6, 6.07) is 9.77. The first kappa shape index (κ1) is 15.5. The van der Waals surface area contributed by atoms with Crippen molar-refractivity contribution in [2.75, 3.05) is 12.4 Å². The molecule has 0 spiro atoms. The van der Waals surface area contributed by atoms with Crippen molar-refractivity contribution in [1.82, 2.24) is 24.6 Å². The third-order valence-corrected chi connectivity index (χ3v) is 4.49. The van der Waals surface area contributed by atoms with Crippen LogP contribution in [0.15, 0.2) is 35.7 Å². The first-order valence-electron chi connectivity index (χ1n) is 7.71. The zero-order valence-electron chi connectivity index (χ0n) is 14.0. The molecule has 0 bridgehead atoms. The van der Waals surface area contributed by atoms with E-state index in [1.54, 1.807) is 11.6 Å². The van der Waals surface area contributed by atoms with Crippen LogP contribution >= 0.6 is 11.3 Å². The molecule has 0 aliphatic carbocycles. The van der Waals surface area contributed by atoms with Gasteiger partial charge in [0, 0.05) is 22.3 Å². The smallest absolute Gasteiger partial charge is 0.250 e. The lowest BCUT2D eigenvalue weighted by Gasteiger charge is -2.06. The summed E-state index contributed by atoms with van der Waals surface area (Å²) in [5.74, 6) is 1.76. The summed E-state index contributed by atoms with van der Waals surface area (Å²) in [6.07, 6.45) is 0. The summed E-state index contributed by atoms with van der Waals surface area (Å²) in [5, 5.41) is 9.65. The van der Waals surface area contributed by atoms with Gasteiger partial charge in [-0.2, -0.15) is 4.98 Å². The molecule has 25 heavy (non-hydrogen) atoms. The molecule has 126 valence electrons. The van der Waals surface area contributed by atoms with E-state index in [9.17, 15) is 0 Å². The van der Waals surface area contributed by atoms with Crippen molar-refractivity contribution in [3.8, 4) is 17.0 Å². The average molecular weight is 352 g/mol. The minimum absolute atomic E-state index is 0.466. The Morgan fingerprint density at radius 3 is 2.56 bits per heavy atom. The molecule has 0 aliphatic rings. The first-order valence-corrected chi connectivity index (χ1v) is 8.59. The van der Waals surface area contributed by atoms with Crippen molar-refractivity contribution in [3.63, 3.8) is 0 Å².